The van der Waals surface area contributed by atoms with Gasteiger partial charge in [0.1, 0.15) is 18.5 Å². The summed E-state index contributed by atoms with van der Waals surface area (Å²) in [6.07, 6.45) is 8.47. The number of benzene rings is 4. The molecule has 5 nitrogen and oxygen atoms in total. The fourth-order valence-corrected chi connectivity index (χ4v) is 5.93. The first kappa shape index (κ1) is 33.2. The third kappa shape index (κ3) is 8.96. The highest BCUT2D eigenvalue weighted by Gasteiger charge is 2.23. The Hall–Kier alpha value is -4.19. The van der Waals surface area contributed by atoms with E-state index < -0.39 is 6.10 Å². The summed E-state index contributed by atoms with van der Waals surface area (Å²) in [6.45, 7) is 7.55. The fraction of sp³-hybridized carbons (Fsp3) is 0.341. The first-order chi connectivity index (χ1) is 22.6. The summed E-state index contributed by atoms with van der Waals surface area (Å²) in [4.78, 5) is 12.2. The van der Waals surface area contributed by atoms with Crippen molar-refractivity contribution in [2.75, 3.05) is 26.4 Å². The largest absolute Gasteiger partial charge is 0.491 e. The van der Waals surface area contributed by atoms with Crippen LogP contribution in [0.1, 0.15) is 84.2 Å². The van der Waals surface area contributed by atoms with E-state index >= 15 is 0 Å². The number of rotatable bonds is 16. The van der Waals surface area contributed by atoms with Gasteiger partial charge in [-0.05, 0) is 89.8 Å². The molecule has 46 heavy (non-hydrogen) atoms. The molecule has 2 unspecified atom stereocenters. The molecule has 0 saturated heterocycles. The van der Waals surface area contributed by atoms with Crippen molar-refractivity contribution in [3.05, 3.63) is 136 Å². The van der Waals surface area contributed by atoms with Crippen molar-refractivity contribution >= 4 is 18.1 Å². The molecule has 5 heteroatoms. The molecule has 0 aliphatic heterocycles. The Morgan fingerprint density at radius 2 is 1.39 bits per heavy atom. The molecule has 0 heterocycles. The number of hydrogen-bond donors (Lipinski definition) is 0. The van der Waals surface area contributed by atoms with Gasteiger partial charge in [-0.15, -0.1) is 0 Å². The standard InChI is InChI=1S/C41H46O5/c1-4-7-11-31-16-22-37-34(27-31)18-19-35-28-33(26-30-12-9-8-10-13-30)17-23-38(35)40(37)46-25-24-45-36-20-14-32(15-21-36)29-39(43-5-2)41(42)44-6-3/h8-10,12-23,27-28,39-40H,4-7,11,24-26,29H2,1-3H3. The van der Waals surface area contributed by atoms with Crippen molar-refractivity contribution in [3.8, 4) is 5.75 Å². The number of esters is 1. The number of aryl methyl sites for hydroxylation is 1. The van der Waals surface area contributed by atoms with Crippen molar-refractivity contribution in [2.24, 2.45) is 0 Å². The van der Waals surface area contributed by atoms with E-state index in [1.54, 1.807) is 6.92 Å². The summed E-state index contributed by atoms with van der Waals surface area (Å²) in [5.74, 6) is 0.425. The summed E-state index contributed by atoms with van der Waals surface area (Å²) in [7, 11) is 0. The molecule has 1 aliphatic carbocycles. The topological polar surface area (TPSA) is 54.0 Å². The Morgan fingerprint density at radius 3 is 2.07 bits per heavy atom. The van der Waals surface area contributed by atoms with Crippen molar-refractivity contribution in [1.29, 1.82) is 0 Å². The molecule has 0 aromatic heterocycles. The molecule has 4 aromatic carbocycles. The van der Waals surface area contributed by atoms with Gasteiger partial charge >= 0.3 is 5.97 Å². The molecule has 4 aromatic rings. The van der Waals surface area contributed by atoms with Crippen LogP contribution in [0.3, 0.4) is 0 Å². The molecule has 5 rings (SSSR count). The molecule has 0 bridgehead atoms. The number of ether oxygens (including phenoxy) is 4. The lowest BCUT2D eigenvalue weighted by atomic mass is 9.92. The van der Waals surface area contributed by atoms with Crippen molar-refractivity contribution < 1.29 is 23.7 Å². The van der Waals surface area contributed by atoms with E-state index in [9.17, 15) is 4.79 Å². The third-order valence-corrected chi connectivity index (χ3v) is 8.28. The van der Waals surface area contributed by atoms with Crippen LogP contribution in [-0.4, -0.2) is 38.5 Å². The van der Waals surface area contributed by atoms with Gasteiger partial charge in [-0.25, -0.2) is 4.79 Å². The molecule has 240 valence electrons. The third-order valence-electron chi connectivity index (χ3n) is 8.28. The van der Waals surface area contributed by atoms with E-state index in [0.29, 0.717) is 32.8 Å². The Kier molecular flexibility index (Phi) is 12.2. The van der Waals surface area contributed by atoms with E-state index in [1.807, 2.05) is 31.2 Å². The second-order valence-corrected chi connectivity index (χ2v) is 11.7. The van der Waals surface area contributed by atoms with Crippen molar-refractivity contribution in [1.82, 2.24) is 0 Å². The van der Waals surface area contributed by atoms with Gasteiger partial charge in [0, 0.05) is 13.0 Å². The minimum Gasteiger partial charge on any atom is -0.491 e. The van der Waals surface area contributed by atoms with Gasteiger partial charge in [-0.3, -0.25) is 0 Å². The SMILES string of the molecule is CCCCc1ccc2c(c1)C=Cc1cc(Cc3ccccc3)ccc1C2OCCOc1ccc(CC(OCC)C(=O)OCC)cc1. The lowest BCUT2D eigenvalue weighted by Gasteiger charge is -2.22. The molecule has 0 fully saturated rings. The normalized spacial score (nSPS) is 14.2. The van der Waals surface area contributed by atoms with Crippen LogP contribution in [0.4, 0.5) is 0 Å². The predicted molar refractivity (Wildman–Crippen MR) is 185 cm³/mol. The second-order valence-electron chi connectivity index (χ2n) is 11.7. The van der Waals surface area contributed by atoms with Crippen LogP contribution < -0.4 is 4.74 Å². The highest BCUT2D eigenvalue weighted by molar-refractivity contribution is 5.77. The van der Waals surface area contributed by atoms with Gasteiger partial charge in [0.15, 0.2) is 6.10 Å². The highest BCUT2D eigenvalue weighted by Crippen LogP contribution is 2.37. The van der Waals surface area contributed by atoms with Gasteiger partial charge in [0.25, 0.3) is 0 Å². The Balaban J connectivity index is 1.27. The van der Waals surface area contributed by atoms with Gasteiger partial charge in [0.2, 0.25) is 0 Å². The summed E-state index contributed by atoms with van der Waals surface area (Å²) in [5.41, 5.74) is 9.68. The van der Waals surface area contributed by atoms with Gasteiger partial charge in [-0.1, -0.05) is 104 Å². The number of unbranched alkanes of at least 4 members (excludes halogenated alkanes) is 1. The van der Waals surface area contributed by atoms with Crippen LogP contribution in [-0.2, 0) is 38.3 Å². The molecule has 2 atom stereocenters. The van der Waals surface area contributed by atoms with E-state index in [-0.39, 0.29) is 12.1 Å². The zero-order chi connectivity index (χ0) is 32.1. The molecule has 0 amide bonds. The van der Waals surface area contributed by atoms with Crippen LogP contribution in [0.15, 0.2) is 91.0 Å². The lowest BCUT2D eigenvalue weighted by Crippen LogP contribution is -2.28. The molecule has 0 N–H and O–H groups in total. The molecule has 0 saturated carbocycles. The summed E-state index contributed by atoms with van der Waals surface area (Å²) < 4.78 is 23.5. The maximum atomic E-state index is 12.2. The van der Waals surface area contributed by atoms with Gasteiger partial charge in [-0.2, -0.15) is 0 Å². The maximum absolute atomic E-state index is 12.2. The van der Waals surface area contributed by atoms with E-state index in [1.165, 1.54) is 51.8 Å². The van der Waals surface area contributed by atoms with Crippen LogP contribution in [0, 0.1) is 0 Å². The summed E-state index contributed by atoms with van der Waals surface area (Å²) in [5, 5.41) is 0. The molecular weight excluding hydrogens is 572 g/mol. The Morgan fingerprint density at radius 1 is 0.717 bits per heavy atom. The molecule has 1 aliphatic rings. The maximum Gasteiger partial charge on any atom is 0.335 e. The monoisotopic (exact) mass is 618 g/mol. The number of hydrogen-bond acceptors (Lipinski definition) is 5. The second kappa shape index (κ2) is 16.9. The zero-order valence-electron chi connectivity index (χ0n) is 27.4. The quantitative estimate of drug-likeness (QED) is 0.0928. The lowest BCUT2D eigenvalue weighted by molar-refractivity contribution is -0.156. The van der Waals surface area contributed by atoms with Crippen molar-refractivity contribution in [2.45, 2.75) is 65.1 Å². The minimum atomic E-state index is -0.609. The predicted octanol–water partition coefficient (Wildman–Crippen LogP) is 8.80. The zero-order valence-corrected chi connectivity index (χ0v) is 27.4. The average Bonchev–Trinajstić information content (AvgIpc) is 3.23. The minimum absolute atomic E-state index is 0.199. The van der Waals surface area contributed by atoms with E-state index in [0.717, 1.165) is 24.2 Å². The molecule has 0 spiro atoms. The van der Waals surface area contributed by atoms with Crippen LogP contribution in [0.25, 0.3) is 12.2 Å². The molecular formula is C41H46O5. The number of fused-ring (bicyclic) bond motifs is 2. The van der Waals surface area contributed by atoms with Gasteiger partial charge in [0.05, 0.1) is 13.2 Å². The first-order valence-corrected chi connectivity index (χ1v) is 16.7. The summed E-state index contributed by atoms with van der Waals surface area (Å²) in [6, 6.07) is 32.0. The smallest absolute Gasteiger partial charge is 0.335 e. The Bertz CT molecular complexity index is 1570. The number of carbonyl (C=O) groups excluding carboxylic acids is 1. The summed E-state index contributed by atoms with van der Waals surface area (Å²) >= 11 is 0. The fourth-order valence-electron chi connectivity index (χ4n) is 5.93. The molecule has 0 radical (unpaired) electrons. The van der Waals surface area contributed by atoms with Crippen LogP contribution in [0.5, 0.6) is 5.75 Å². The average molecular weight is 619 g/mol. The first-order valence-electron chi connectivity index (χ1n) is 16.7. The highest BCUT2D eigenvalue weighted by atomic mass is 16.6. The van der Waals surface area contributed by atoms with Crippen LogP contribution in [0.2, 0.25) is 0 Å². The number of carbonyl (C=O) groups is 1. The van der Waals surface area contributed by atoms with E-state index in [4.69, 9.17) is 18.9 Å². The van der Waals surface area contributed by atoms with E-state index in [2.05, 4.69) is 85.8 Å². The Labute approximate surface area is 274 Å². The van der Waals surface area contributed by atoms with Gasteiger partial charge < -0.3 is 18.9 Å². The van der Waals surface area contributed by atoms with Crippen LogP contribution >= 0.6 is 0 Å². The van der Waals surface area contributed by atoms with Crippen molar-refractivity contribution in [3.63, 3.8) is 0 Å².